The Morgan fingerprint density at radius 2 is 1.90 bits per heavy atom. The summed E-state index contributed by atoms with van der Waals surface area (Å²) in [5.74, 6) is -0.222. The third kappa shape index (κ3) is 2.45. The number of pyridine rings is 1. The average molecular weight is 340 g/mol. The molecule has 2 aromatic heterocycles. The lowest BCUT2D eigenvalue weighted by atomic mass is 10.0. The van der Waals surface area contributed by atoms with E-state index in [0.29, 0.717) is 0 Å². The Labute approximate surface area is 132 Å². The van der Waals surface area contributed by atoms with Gasteiger partial charge in [0.1, 0.15) is 5.65 Å². The van der Waals surface area contributed by atoms with Gasteiger partial charge in [-0.1, -0.05) is 34.1 Å². The fourth-order valence-corrected chi connectivity index (χ4v) is 2.73. The van der Waals surface area contributed by atoms with Crippen LogP contribution in [0.4, 0.5) is 0 Å². The minimum atomic E-state index is -0.222. The van der Waals surface area contributed by atoms with Crippen molar-refractivity contribution < 1.29 is 0 Å². The van der Waals surface area contributed by atoms with Crippen LogP contribution in [0.2, 0.25) is 0 Å². The van der Waals surface area contributed by atoms with Crippen LogP contribution in [-0.2, 0) is 0 Å². The first-order valence-corrected chi connectivity index (χ1v) is 7.53. The third-order valence-electron chi connectivity index (χ3n) is 3.52. The van der Waals surface area contributed by atoms with Crippen molar-refractivity contribution in [2.75, 3.05) is 0 Å². The first kappa shape index (κ1) is 13.8. The van der Waals surface area contributed by atoms with Crippen LogP contribution in [0.25, 0.3) is 16.9 Å². The highest BCUT2D eigenvalue weighted by Crippen LogP contribution is 2.30. The summed E-state index contributed by atoms with van der Waals surface area (Å²) in [5.41, 5.74) is 4.86. The lowest BCUT2D eigenvalue weighted by Gasteiger charge is -2.07. The van der Waals surface area contributed by atoms with Crippen molar-refractivity contribution in [3.05, 3.63) is 58.3 Å². The lowest BCUT2D eigenvalue weighted by molar-refractivity contribution is 0.897. The van der Waals surface area contributed by atoms with Crippen molar-refractivity contribution in [1.29, 1.82) is 5.26 Å². The summed E-state index contributed by atoms with van der Waals surface area (Å²) in [5, 5.41) is 9.35. The van der Waals surface area contributed by atoms with Crippen LogP contribution in [-0.4, -0.2) is 9.38 Å². The second-order valence-corrected chi connectivity index (χ2v) is 6.05. The van der Waals surface area contributed by atoms with E-state index in [1.165, 1.54) is 0 Å². The maximum atomic E-state index is 9.35. The Bertz CT molecular complexity index is 841. The van der Waals surface area contributed by atoms with Crippen molar-refractivity contribution in [2.24, 2.45) is 0 Å². The molecule has 3 rings (SSSR count). The molecule has 0 N–H and O–H groups in total. The van der Waals surface area contributed by atoms with Gasteiger partial charge in [-0.3, -0.25) is 0 Å². The van der Waals surface area contributed by atoms with Gasteiger partial charge in [-0.05, 0) is 37.6 Å². The molecule has 1 unspecified atom stereocenters. The summed E-state index contributed by atoms with van der Waals surface area (Å²) in [7, 11) is 0. The molecule has 3 nitrogen and oxygen atoms in total. The standard InChI is InChI=1S/C17H14BrN3/c1-11-3-8-15-20-16(13-4-6-14(18)7-5-13)17(12(2)9-19)21(15)10-11/h3-8,10,12H,1-2H3. The van der Waals surface area contributed by atoms with Gasteiger partial charge in [-0.25, -0.2) is 4.98 Å². The zero-order valence-corrected chi connectivity index (χ0v) is 13.4. The third-order valence-corrected chi connectivity index (χ3v) is 4.05. The molecular weight excluding hydrogens is 326 g/mol. The number of rotatable bonds is 2. The second kappa shape index (κ2) is 5.34. The van der Waals surface area contributed by atoms with E-state index in [0.717, 1.165) is 32.6 Å². The minimum absolute atomic E-state index is 0.222. The van der Waals surface area contributed by atoms with E-state index in [-0.39, 0.29) is 5.92 Å². The van der Waals surface area contributed by atoms with Crippen LogP contribution in [0.5, 0.6) is 0 Å². The predicted octanol–water partition coefficient (Wildman–Crippen LogP) is 4.70. The van der Waals surface area contributed by atoms with Gasteiger partial charge < -0.3 is 4.40 Å². The van der Waals surface area contributed by atoms with Gasteiger partial charge in [0.2, 0.25) is 0 Å². The first-order chi connectivity index (χ1) is 10.1. The topological polar surface area (TPSA) is 41.1 Å². The van der Waals surface area contributed by atoms with Crippen LogP contribution >= 0.6 is 15.9 Å². The van der Waals surface area contributed by atoms with Gasteiger partial charge >= 0.3 is 0 Å². The van der Waals surface area contributed by atoms with E-state index in [1.54, 1.807) is 0 Å². The largest absolute Gasteiger partial charge is 0.302 e. The number of benzene rings is 1. The molecule has 0 fully saturated rings. The monoisotopic (exact) mass is 339 g/mol. The number of hydrogen-bond acceptors (Lipinski definition) is 2. The van der Waals surface area contributed by atoms with Gasteiger partial charge in [-0.15, -0.1) is 0 Å². The molecule has 1 aromatic carbocycles. The van der Waals surface area contributed by atoms with E-state index in [1.807, 2.05) is 60.8 Å². The molecule has 1 atom stereocenters. The predicted molar refractivity (Wildman–Crippen MR) is 87.1 cm³/mol. The summed E-state index contributed by atoms with van der Waals surface area (Å²) in [6, 6.07) is 14.4. The number of aryl methyl sites for hydroxylation is 1. The van der Waals surface area contributed by atoms with Gasteiger partial charge in [0.05, 0.1) is 23.4 Å². The number of aromatic nitrogens is 2. The summed E-state index contributed by atoms with van der Waals surface area (Å²) in [6.45, 7) is 3.95. The molecule has 0 spiro atoms. The quantitative estimate of drug-likeness (QED) is 0.678. The fraction of sp³-hybridized carbons (Fsp3) is 0.176. The Morgan fingerprint density at radius 1 is 1.19 bits per heavy atom. The van der Waals surface area contributed by atoms with Crippen molar-refractivity contribution in [2.45, 2.75) is 19.8 Å². The van der Waals surface area contributed by atoms with Crippen LogP contribution < -0.4 is 0 Å². The summed E-state index contributed by atoms with van der Waals surface area (Å²) >= 11 is 3.45. The normalized spacial score (nSPS) is 12.3. The number of nitriles is 1. The molecule has 0 saturated carbocycles. The minimum Gasteiger partial charge on any atom is -0.302 e. The smallest absolute Gasteiger partial charge is 0.137 e. The van der Waals surface area contributed by atoms with Gasteiger partial charge in [-0.2, -0.15) is 5.26 Å². The van der Waals surface area contributed by atoms with Crippen molar-refractivity contribution in [3.63, 3.8) is 0 Å². The molecule has 0 amide bonds. The molecule has 21 heavy (non-hydrogen) atoms. The van der Waals surface area contributed by atoms with Gasteiger partial charge in [0.25, 0.3) is 0 Å². The maximum absolute atomic E-state index is 9.35. The Morgan fingerprint density at radius 3 is 2.57 bits per heavy atom. The highest BCUT2D eigenvalue weighted by molar-refractivity contribution is 9.10. The number of hydrogen-bond donors (Lipinski definition) is 0. The Hall–Kier alpha value is -2.12. The number of fused-ring (bicyclic) bond motifs is 1. The maximum Gasteiger partial charge on any atom is 0.137 e. The van der Waals surface area contributed by atoms with Crippen molar-refractivity contribution in [3.8, 4) is 17.3 Å². The molecule has 2 heterocycles. The Balaban J connectivity index is 2.31. The molecule has 0 bridgehead atoms. The highest BCUT2D eigenvalue weighted by atomic mass is 79.9. The number of nitrogens with zero attached hydrogens (tertiary/aromatic N) is 3. The van der Waals surface area contributed by atoms with E-state index >= 15 is 0 Å². The fourth-order valence-electron chi connectivity index (χ4n) is 2.46. The van der Waals surface area contributed by atoms with Crippen LogP contribution in [0.3, 0.4) is 0 Å². The van der Waals surface area contributed by atoms with Crippen LogP contribution in [0, 0.1) is 18.3 Å². The lowest BCUT2D eigenvalue weighted by Crippen LogP contribution is -1.99. The van der Waals surface area contributed by atoms with E-state index in [4.69, 9.17) is 4.98 Å². The highest BCUT2D eigenvalue weighted by Gasteiger charge is 2.19. The summed E-state index contributed by atoms with van der Waals surface area (Å²) < 4.78 is 3.06. The van der Waals surface area contributed by atoms with Gasteiger partial charge in [0.15, 0.2) is 0 Å². The van der Waals surface area contributed by atoms with E-state index in [9.17, 15) is 5.26 Å². The van der Waals surface area contributed by atoms with Gasteiger partial charge in [0, 0.05) is 16.2 Å². The molecule has 0 aliphatic carbocycles. The molecule has 104 valence electrons. The molecule has 4 heteroatoms. The average Bonchev–Trinajstić information content (AvgIpc) is 2.85. The molecular formula is C17H14BrN3. The van der Waals surface area contributed by atoms with Crippen LogP contribution in [0.1, 0.15) is 24.1 Å². The zero-order valence-electron chi connectivity index (χ0n) is 11.8. The van der Waals surface area contributed by atoms with E-state index in [2.05, 4.69) is 22.0 Å². The molecule has 3 aromatic rings. The zero-order chi connectivity index (χ0) is 15.0. The number of imidazole rings is 1. The second-order valence-electron chi connectivity index (χ2n) is 5.14. The van der Waals surface area contributed by atoms with Crippen molar-refractivity contribution in [1.82, 2.24) is 9.38 Å². The van der Waals surface area contributed by atoms with Crippen molar-refractivity contribution >= 4 is 21.6 Å². The van der Waals surface area contributed by atoms with E-state index < -0.39 is 0 Å². The molecule has 0 saturated heterocycles. The molecule has 0 aliphatic heterocycles. The number of halogens is 1. The summed E-state index contributed by atoms with van der Waals surface area (Å²) in [4.78, 5) is 4.72. The Kier molecular flexibility index (Phi) is 3.52. The SMILES string of the molecule is Cc1ccc2nc(-c3ccc(Br)cc3)c(C(C)C#N)n2c1. The molecule has 0 radical (unpaired) electrons. The first-order valence-electron chi connectivity index (χ1n) is 6.74. The molecule has 0 aliphatic rings. The summed E-state index contributed by atoms with van der Waals surface area (Å²) in [6.07, 6.45) is 2.04. The van der Waals surface area contributed by atoms with Crippen LogP contribution in [0.15, 0.2) is 47.1 Å².